The largest absolute Gasteiger partial charge is 0.508 e. The molecular weight excluding hydrogens is 492 g/mol. The Morgan fingerprint density at radius 3 is 2.24 bits per heavy atom. The van der Waals surface area contributed by atoms with Crippen molar-refractivity contribution < 1.29 is 53.4 Å². The standard InChI is InChI=1S/C25H24O12/c1-11(27)33-23-20(10-26)37-25(22(32)24(23)34-12(2)28)35-15-7-16(30)21-17(31)9-18(36-19(21)8-15)13-3-5-14(29)6-4-13/h3-9,20,22-26,29-30,32H,10H2,1-2H3. The summed E-state index contributed by atoms with van der Waals surface area (Å²) in [5.41, 5.74) is -0.106. The van der Waals surface area contributed by atoms with Crippen LogP contribution in [0.4, 0.5) is 0 Å². The van der Waals surface area contributed by atoms with Gasteiger partial charge in [0.05, 0.1) is 6.61 Å². The minimum atomic E-state index is -1.68. The number of esters is 2. The number of rotatable bonds is 6. The van der Waals surface area contributed by atoms with Gasteiger partial charge in [0.25, 0.3) is 0 Å². The predicted octanol–water partition coefficient (Wildman–Crippen LogP) is 1.19. The zero-order valence-corrected chi connectivity index (χ0v) is 19.7. The molecule has 1 fully saturated rings. The number of phenols is 2. The fourth-order valence-corrected chi connectivity index (χ4v) is 4.01. The maximum atomic E-state index is 12.7. The van der Waals surface area contributed by atoms with E-state index in [0.717, 1.165) is 19.9 Å². The van der Waals surface area contributed by atoms with Crippen molar-refractivity contribution in [2.75, 3.05) is 6.61 Å². The fraction of sp³-hybridized carbons (Fsp3) is 0.320. The third-order valence-corrected chi connectivity index (χ3v) is 5.59. The molecule has 1 aliphatic heterocycles. The molecule has 5 unspecified atom stereocenters. The molecule has 2 heterocycles. The second-order valence-electron chi connectivity index (χ2n) is 8.32. The van der Waals surface area contributed by atoms with Gasteiger partial charge in [-0.05, 0) is 24.3 Å². The topological polar surface area (TPSA) is 182 Å². The van der Waals surface area contributed by atoms with Crippen LogP contribution in [0.15, 0.2) is 51.7 Å². The number of hydrogen-bond donors (Lipinski definition) is 4. The number of ether oxygens (including phenoxy) is 4. The summed E-state index contributed by atoms with van der Waals surface area (Å²) in [6, 6.07) is 9.47. The summed E-state index contributed by atoms with van der Waals surface area (Å²) in [5, 5.41) is 40.5. The fourth-order valence-electron chi connectivity index (χ4n) is 4.01. The first-order valence-corrected chi connectivity index (χ1v) is 11.1. The Balaban J connectivity index is 1.69. The molecule has 37 heavy (non-hydrogen) atoms. The van der Waals surface area contributed by atoms with Gasteiger partial charge in [0, 0.05) is 37.6 Å². The first-order valence-electron chi connectivity index (χ1n) is 11.1. The number of fused-ring (bicyclic) bond motifs is 1. The molecule has 3 aromatic rings. The van der Waals surface area contributed by atoms with Gasteiger partial charge in [-0.2, -0.15) is 0 Å². The summed E-state index contributed by atoms with van der Waals surface area (Å²) in [6.45, 7) is 1.52. The van der Waals surface area contributed by atoms with Crippen LogP contribution in [0.5, 0.6) is 17.2 Å². The third kappa shape index (κ3) is 5.50. The number of aromatic hydroxyl groups is 2. The molecule has 0 amide bonds. The number of phenolic OH excluding ortho intramolecular Hbond substituents is 2. The summed E-state index contributed by atoms with van der Waals surface area (Å²) in [7, 11) is 0. The predicted molar refractivity (Wildman–Crippen MR) is 125 cm³/mol. The van der Waals surface area contributed by atoms with E-state index in [4.69, 9.17) is 23.4 Å². The molecule has 1 aliphatic rings. The second-order valence-corrected chi connectivity index (χ2v) is 8.32. The lowest BCUT2D eigenvalue weighted by atomic mass is 9.98. The number of hydrogen-bond acceptors (Lipinski definition) is 12. The number of aliphatic hydroxyl groups is 2. The van der Waals surface area contributed by atoms with Gasteiger partial charge < -0.3 is 43.8 Å². The molecule has 0 bridgehead atoms. The van der Waals surface area contributed by atoms with E-state index < -0.39 is 60.4 Å². The number of benzene rings is 2. The van der Waals surface area contributed by atoms with Gasteiger partial charge in [0.15, 0.2) is 23.7 Å². The molecule has 0 saturated carbocycles. The first kappa shape index (κ1) is 25.9. The Morgan fingerprint density at radius 2 is 1.62 bits per heavy atom. The van der Waals surface area contributed by atoms with E-state index in [9.17, 15) is 34.8 Å². The Bertz CT molecular complexity index is 1360. The SMILES string of the molecule is CC(=O)OC1C(CO)OC(Oc2cc(O)c3c(=O)cc(-c4ccc(O)cc4)oc3c2)C(O)C1OC(C)=O. The first-order chi connectivity index (χ1) is 17.6. The Labute approximate surface area is 209 Å². The second kappa shape index (κ2) is 10.5. The van der Waals surface area contributed by atoms with Gasteiger partial charge in [-0.1, -0.05) is 0 Å². The molecule has 2 aromatic carbocycles. The summed E-state index contributed by atoms with van der Waals surface area (Å²) >= 11 is 0. The van der Waals surface area contributed by atoms with Crippen molar-refractivity contribution in [3.63, 3.8) is 0 Å². The van der Waals surface area contributed by atoms with E-state index in [1.165, 1.54) is 36.4 Å². The zero-order valence-electron chi connectivity index (χ0n) is 19.7. The Morgan fingerprint density at radius 1 is 0.973 bits per heavy atom. The van der Waals surface area contributed by atoms with Crippen molar-refractivity contribution in [2.24, 2.45) is 0 Å². The molecule has 0 radical (unpaired) electrons. The molecule has 0 spiro atoms. The van der Waals surface area contributed by atoms with Crippen LogP contribution in [-0.2, 0) is 23.8 Å². The van der Waals surface area contributed by atoms with Crippen LogP contribution < -0.4 is 10.2 Å². The number of carbonyl (C=O) groups is 2. The van der Waals surface area contributed by atoms with Crippen LogP contribution in [0.3, 0.4) is 0 Å². The van der Waals surface area contributed by atoms with Crippen LogP contribution >= 0.6 is 0 Å². The molecule has 196 valence electrons. The summed E-state index contributed by atoms with van der Waals surface area (Å²) in [6.07, 6.45) is -7.21. The van der Waals surface area contributed by atoms with E-state index in [1.807, 2.05) is 0 Å². The normalized spacial score (nSPS) is 23.4. The smallest absolute Gasteiger partial charge is 0.303 e. The highest BCUT2D eigenvalue weighted by molar-refractivity contribution is 5.86. The minimum absolute atomic E-state index is 0.0236. The zero-order chi connectivity index (χ0) is 26.9. The molecule has 4 N–H and O–H groups in total. The Kier molecular flexibility index (Phi) is 7.34. The number of carbonyl (C=O) groups excluding carboxylic acids is 2. The van der Waals surface area contributed by atoms with Crippen molar-refractivity contribution in [2.45, 2.75) is 44.6 Å². The molecular formula is C25H24O12. The highest BCUT2D eigenvalue weighted by Gasteiger charge is 2.50. The van der Waals surface area contributed by atoms with Gasteiger partial charge in [0.1, 0.15) is 40.1 Å². The van der Waals surface area contributed by atoms with Crippen molar-refractivity contribution >= 4 is 22.9 Å². The van der Waals surface area contributed by atoms with Gasteiger partial charge in [-0.15, -0.1) is 0 Å². The van der Waals surface area contributed by atoms with Gasteiger partial charge >= 0.3 is 11.9 Å². The lowest BCUT2D eigenvalue weighted by Gasteiger charge is -2.42. The maximum absolute atomic E-state index is 12.7. The third-order valence-electron chi connectivity index (χ3n) is 5.59. The maximum Gasteiger partial charge on any atom is 0.303 e. The average molecular weight is 516 g/mol. The van der Waals surface area contributed by atoms with Gasteiger partial charge in [0.2, 0.25) is 6.29 Å². The van der Waals surface area contributed by atoms with E-state index in [1.54, 1.807) is 0 Å². The summed E-state index contributed by atoms with van der Waals surface area (Å²) in [4.78, 5) is 35.8. The molecule has 1 aromatic heterocycles. The molecule has 12 heteroatoms. The quantitative estimate of drug-likeness (QED) is 0.344. The van der Waals surface area contributed by atoms with Crippen molar-refractivity contribution in [3.8, 4) is 28.6 Å². The van der Waals surface area contributed by atoms with Crippen molar-refractivity contribution in [1.82, 2.24) is 0 Å². The summed E-state index contributed by atoms with van der Waals surface area (Å²) in [5.74, 6) is -1.93. The van der Waals surface area contributed by atoms with E-state index >= 15 is 0 Å². The minimum Gasteiger partial charge on any atom is -0.508 e. The lowest BCUT2D eigenvalue weighted by Crippen LogP contribution is -2.62. The van der Waals surface area contributed by atoms with Crippen molar-refractivity contribution in [3.05, 3.63) is 52.7 Å². The monoisotopic (exact) mass is 516 g/mol. The van der Waals surface area contributed by atoms with Gasteiger partial charge in [-0.25, -0.2) is 0 Å². The molecule has 4 rings (SSSR count). The van der Waals surface area contributed by atoms with Crippen LogP contribution in [-0.4, -0.2) is 69.7 Å². The van der Waals surface area contributed by atoms with Crippen LogP contribution in [0.2, 0.25) is 0 Å². The van der Waals surface area contributed by atoms with E-state index in [-0.39, 0.29) is 28.2 Å². The van der Waals surface area contributed by atoms with Crippen LogP contribution in [0.1, 0.15) is 13.8 Å². The van der Waals surface area contributed by atoms with Gasteiger partial charge in [-0.3, -0.25) is 14.4 Å². The molecule has 12 nitrogen and oxygen atoms in total. The molecule has 1 saturated heterocycles. The van der Waals surface area contributed by atoms with Crippen molar-refractivity contribution in [1.29, 1.82) is 0 Å². The highest BCUT2D eigenvalue weighted by Crippen LogP contribution is 2.34. The van der Waals surface area contributed by atoms with Crippen LogP contribution in [0.25, 0.3) is 22.3 Å². The molecule has 0 aliphatic carbocycles. The number of aliphatic hydroxyl groups excluding tert-OH is 2. The lowest BCUT2D eigenvalue weighted by molar-refractivity contribution is -0.284. The van der Waals surface area contributed by atoms with E-state index in [0.29, 0.717) is 5.56 Å². The van der Waals surface area contributed by atoms with E-state index in [2.05, 4.69) is 0 Å². The average Bonchev–Trinajstić information content (AvgIpc) is 2.82. The summed E-state index contributed by atoms with van der Waals surface area (Å²) < 4.78 is 27.3. The van der Waals surface area contributed by atoms with Crippen LogP contribution in [0, 0.1) is 0 Å². The Hall–Kier alpha value is -4.13. The highest BCUT2D eigenvalue weighted by atomic mass is 16.7. The molecule has 5 atom stereocenters.